The number of nitrogens with one attached hydrogen (secondary N) is 1. The van der Waals surface area contributed by atoms with Gasteiger partial charge >= 0.3 is 5.97 Å². The minimum atomic E-state index is -0.944. The monoisotopic (exact) mass is 238 g/mol. The van der Waals surface area contributed by atoms with Gasteiger partial charge in [0.05, 0.1) is 12.7 Å². The Morgan fingerprint density at radius 3 is 2.53 bits per heavy atom. The quantitative estimate of drug-likeness (QED) is 0.745. The van der Waals surface area contributed by atoms with Crippen molar-refractivity contribution in [3.63, 3.8) is 0 Å². The van der Waals surface area contributed by atoms with E-state index in [0.717, 1.165) is 12.8 Å². The van der Waals surface area contributed by atoms with E-state index in [1.54, 1.807) is 13.8 Å². The van der Waals surface area contributed by atoms with E-state index in [0.29, 0.717) is 12.8 Å². The molecule has 0 radical (unpaired) electrons. The van der Waals surface area contributed by atoms with Crippen LogP contribution in [0.25, 0.3) is 0 Å². The van der Waals surface area contributed by atoms with Gasteiger partial charge in [-0.05, 0) is 26.7 Å². The summed E-state index contributed by atoms with van der Waals surface area (Å²) in [7, 11) is 0. The Kier molecular flexibility index (Phi) is 4.50. The van der Waals surface area contributed by atoms with E-state index in [-0.39, 0.29) is 12.5 Å². The van der Waals surface area contributed by atoms with Crippen LogP contribution in [0.3, 0.4) is 0 Å². The molecule has 94 valence electrons. The standard InChI is InChI=1S/C12H18N2O3/c1-3-17-10(15)9(2)14-11(16)12(8-13)6-4-5-7-12/h9H,3-7H2,1-2H3,(H,14,16). The molecule has 0 aromatic rings. The lowest BCUT2D eigenvalue weighted by Gasteiger charge is -2.21. The molecule has 0 aromatic carbocycles. The van der Waals surface area contributed by atoms with Crippen molar-refractivity contribution in [3.05, 3.63) is 0 Å². The number of carbonyl (C=O) groups excluding carboxylic acids is 2. The average molecular weight is 238 g/mol. The highest BCUT2D eigenvalue weighted by atomic mass is 16.5. The maximum Gasteiger partial charge on any atom is 0.328 e. The Labute approximate surface area is 101 Å². The summed E-state index contributed by atoms with van der Waals surface area (Å²) in [6.45, 7) is 3.55. The summed E-state index contributed by atoms with van der Waals surface area (Å²) >= 11 is 0. The molecule has 5 heteroatoms. The Bertz CT molecular complexity index is 340. The molecule has 5 nitrogen and oxygen atoms in total. The summed E-state index contributed by atoms with van der Waals surface area (Å²) in [4.78, 5) is 23.3. The number of esters is 1. The van der Waals surface area contributed by atoms with Crippen LogP contribution in [0.15, 0.2) is 0 Å². The van der Waals surface area contributed by atoms with Gasteiger partial charge in [-0.3, -0.25) is 4.79 Å². The molecule has 0 aliphatic heterocycles. The molecule has 0 spiro atoms. The van der Waals surface area contributed by atoms with Crippen LogP contribution in [0.5, 0.6) is 0 Å². The third-order valence-corrected chi connectivity index (χ3v) is 3.09. The summed E-state index contributed by atoms with van der Waals surface area (Å²) in [6.07, 6.45) is 2.92. The number of carbonyl (C=O) groups is 2. The van der Waals surface area contributed by atoms with Crippen molar-refractivity contribution in [3.8, 4) is 6.07 Å². The normalized spacial score (nSPS) is 19.1. The second kappa shape index (κ2) is 5.67. The second-order valence-corrected chi connectivity index (χ2v) is 4.35. The lowest BCUT2D eigenvalue weighted by Crippen LogP contribution is -2.46. The molecule has 17 heavy (non-hydrogen) atoms. The summed E-state index contributed by atoms with van der Waals surface area (Å²) in [6, 6.07) is 1.39. The Hall–Kier alpha value is -1.57. The first-order valence-corrected chi connectivity index (χ1v) is 5.94. The molecule has 1 unspecified atom stereocenters. The van der Waals surface area contributed by atoms with E-state index in [1.165, 1.54) is 0 Å². The van der Waals surface area contributed by atoms with Crippen molar-refractivity contribution in [1.29, 1.82) is 5.26 Å². The van der Waals surface area contributed by atoms with Crippen LogP contribution in [0, 0.1) is 16.7 Å². The molecular formula is C12H18N2O3. The number of hydrogen-bond donors (Lipinski definition) is 1. The first-order valence-electron chi connectivity index (χ1n) is 5.94. The largest absolute Gasteiger partial charge is 0.464 e. The highest BCUT2D eigenvalue weighted by Crippen LogP contribution is 2.37. The molecule has 1 amide bonds. The molecule has 1 aliphatic rings. The number of nitriles is 1. The van der Waals surface area contributed by atoms with E-state index in [9.17, 15) is 9.59 Å². The van der Waals surface area contributed by atoms with Crippen molar-refractivity contribution < 1.29 is 14.3 Å². The van der Waals surface area contributed by atoms with Gasteiger partial charge < -0.3 is 10.1 Å². The molecule has 0 heterocycles. The van der Waals surface area contributed by atoms with Crippen molar-refractivity contribution in [2.45, 2.75) is 45.6 Å². The number of ether oxygens (including phenoxy) is 1. The fourth-order valence-electron chi connectivity index (χ4n) is 2.03. The zero-order chi connectivity index (χ0) is 12.9. The number of hydrogen-bond acceptors (Lipinski definition) is 4. The summed E-state index contributed by atoms with van der Waals surface area (Å²) in [5, 5.41) is 11.7. The third kappa shape index (κ3) is 2.96. The predicted molar refractivity (Wildman–Crippen MR) is 60.8 cm³/mol. The average Bonchev–Trinajstić information content (AvgIpc) is 2.79. The lowest BCUT2D eigenvalue weighted by molar-refractivity contribution is -0.147. The second-order valence-electron chi connectivity index (χ2n) is 4.35. The van der Waals surface area contributed by atoms with Gasteiger partial charge in [-0.25, -0.2) is 4.79 Å². The molecule has 1 rings (SSSR count). The zero-order valence-corrected chi connectivity index (χ0v) is 10.3. The minimum Gasteiger partial charge on any atom is -0.464 e. The maximum absolute atomic E-state index is 12.0. The minimum absolute atomic E-state index is 0.280. The fraction of sp³-hybridized carbons (Fsp3) is 0.750. The molecule has 1 aliphatic carbocycles. The molecule has 0 aromatic heterocycles. The van der Waals surface area contributed by atoms with Gasteiger partial charge in [0, 0.05) is 0 Å². The van der Waals surface area contributed by atoms with Crippen molar-refractivity contribution >= 4 is 11.9 Å². The van der Waals surface area contributed by atoms with Gasteiger partial charge in [0.25, 0.3) is 0 Å². The first kappa shape index (κ1) is 13.5. The zero-order valence-electron chi connectivity index (χ0n) is 10.3. The van der Waals surface area contributed by atoms with E-state index >= 15 is 0 Å². The van der Waals surface area contributed by atoms with E-state index in [4.69, 9.17) is 10.00 Å². The number of rotatable bonds is 4. The lowest BCUT2D eigenvalue weighted by atomic mass is 9.87. The molecule has 0 bridgehead atoms. The molecule has 1 saturated carbocycles. The van der Waals surface area contributed by atoms with E-state index < -0.39 is 17.4 Å². The highest BCUT2D eigenvalue weighted by Gasteiger charge is 2.42. The van der Waals surface area contributed by atoms with Crippen LogP contribution in [-0.4, -0.2) is 24.5 Å². The molecule has 1 atom stereocenters. The van der Waals surface area contributed by atoms with Gasteiger partial charge in [0.15, 0.2) is 0 Å². The SMILES string of the molecule is CCOC(=O)C(C)NC(=O)C1(C#N)CCCC1. The molecule has 1 fully saturated rings. The first-order chi connectivity index (χ1) is 8.05. The molecule has 1 N–H and O–H groups in total. The number of amides is 1. The van der Waals surface area contributed by atoms with Gasteiger partial charge in [-0.2, -0.15) is 5.26 Å². The fourth-order valence-corrected chi connectivity index (χ4v) is 2.03. The Morgan fingerprint density at radius 1 is 1.47 bits per heavy atom. The molecular weight excluding hydrogens is 220 g/mol. The summed E-state index contributed by atoms with van der Waals surface area (Å²) in [5.41, 5.74) is -0.944. The smallest absolute Gasteiger partial charge is 0.328 e. The third-order valence-electron chi connectivity index (χ3n) is 3.09. The van der Waals surface area contributed by atoms with Crippen LogP contribution in [0.4, 0.5) is 0 Å². The summed E-state index contributed by atoms with van der Waals surface area (Å²) < 4.78 is 4.80. The Morgan fingerprint density at radius 2 is 2.06 bits per heavy atom. The van der Waals surface area contributed by atoms with Gasteiger partial charge in [-0.1, -0.05) is 12.8 Å². The molecule has 0 saturated heterocycles. The highest BCUT2D eigenvalue weighted by molar-refractivity contribution is 5.89. The van der Waals surface area contributed by atoms with Crippen molar-refractivity contribution in [2.75, 3.05) is 6.61 Å². The Balaban J connectivity index is 2.59. The topological polar surface area (TPSA) is 79.2 Å². The van der Waals surface area contributed by atoms with Gasteiger partial charge in [0.2, 0.25) is 5.91 Å². The van der Waals surface area contributed by atoms with Crippen LogP contribution in [0.1, 0.15) is 39.5 Å². The van der Waals surface area contributed by atoms with E-state index in [2.05, 4.69) is 11.4 Å². The summed E-state index contributed by atoms with van der Waals surface area (Å²) in [5.74, 6) is -0.815. The van der Waals surface area contributed by atoms with Crippen LogP contribution in [0.2, 0.25) is 0 Å². The van der Waals surface area contributed by atoms with Crippen LogP contribution < -0.4 is 5.32 Å². The van der Waals surface area contributed by atoms with Crippen molar-refractivity contribution in [1.82, 2.24) is 5.32 Å². The van der Waals surface area contributed by atoms with Crippen LogP contribution >= 0.6 is 0 Å². The predicted octanol–water partition coefficient (Wildman–Crippen LogP) is 1.14. The van der Waals surface area contributed by atoms with Gasteiger partial charge in [0.1, 0.15) is 11.5 Å². The maximum atomic E-state index is 12.0. The van der Waals surface area contributed by atoms with E-state index in [1.807, 2.05) is 0 Å². The van der Waals surface area contributed by atoms with Crippen LogP contribution in [-0.2, 0) is 14.3 Å². The number of nitrogens with zero attached hydrogens (tertiary/aromatic N) is 1. The van der Waals surface area contributed by atoms with Gasteiger partial charge in [-0.15, -0.1) is 0 Å². The van der Waals surface area contributed by atoms with Crippen molar-refractivity contribution in [2.24, 2.45) is 5.41 Å².